The first-order valence-electron chi connectivity index (χ1n) is 4.37. The van der Waals surface area contributed by atoms with Gasteiger partial charge in [-0.1, -0.05) is 6.08 Å². The van der Waals surface area contributed by atoms with E-state index in [0.29, 0.717) is 11.3 Å². The monoisotopic (exact) mass is 310 g/mol. The highest BCUT2D eigenvalue weighted by Gasteiger charge is 2.09. The molecule has 1 aliphatic carbocycles. The van der Waals surface area contributed by atoms with Gasteiger partial charge in [-0.05, 0) is 59.0 Å². The quantitative estimate of drug-likeness (QED) is 0.363. The Morgan fingerprint density at radius 3 is 2.60 bits per heavy atom. The van der Waals surface area contributed by atoms with Gasteiger partial charge in [-0.3, -0.25) is 0 Å². The molecule has 1 aromatic rings. The molecule has 0 saturated heterocycles. The van der Waals surface area contributed by atoms with E-state index >= 15 is 0 Å². The zero-order valence-corrected chi connectivity index (χ0v) is 9.89. The van der Waals surface area contributed by atoms with Crippen molar-refractivity contribution in [3.05, 3.63) is 57.4 Å². The minimum atomic E-state index is -0.374. The third kappa shape index (κ3) is 2.58. The summed E-state index contributed by atoms with van der Waals surface area (Å²) < 4.78 is 6.24. The van der Waals surface area contributed by atoms with Gasteiger partial charge in [-0.2, -0.15) is 0 Å². The Bertz CT molecular complexity index is 477. The Labute approximate surface area is 101 Å². The van der Waals surface area contributed by atoms with Crippen LogP contribution in [0.3, 0.4) is 0 Å². The number of carbonyl (C=O) groups is 1. The second-order valence-electron chi connectivity index (χ2n) is 2.93. The van der Waals surface area contributed by atoms with E-state index in [-0.39, 0.29) is 5.97 Å². The van der Waals surface area contributed by atoms with Crippen LogP contribution in [0.4, 0.5) is 0 Å². The van der Waals surface area contributed by atoms with Crippen LogP contribution < -0.4 is 4.74 Å². The standard InChI is InChI=1S/C12H7IO2/c13-10-5-7-11(8-6-10)15-12(14)9-3-1-2-4-9/h1-3,5-8H. The molecule has 0 saturated carbocycles. The largest absolute Gasteiger partial charge is 0.422 e. The van der Waals surface area contributed by atoms with Crippen molar-refractivity contribution >= 4 is 28.6 Å². The molecule has 2 nitrogen and oxygen atoms in total. The van der Waals surface area contributed by atoms with Gasteiger partial charge in [0.15, 0.2) is 0 Å². The van der Waals surface area contributed by atoms with Crippen molar-refractivity contribution in [3.8, 4) is 5.75 Å². The molecule has 0 fully saturated rings. The first-order valence-corrected chi connectivity index (χ1v) is 5.45. The van der Waals surface area contributed by atoms with E-state index < -0.39 is 0 Å². The normalized spacial score (nSPS) is 12.7. The van der Waals surface area contributed by atoms with E-state index in [9.17, 15) is 4.79 Å². The summed E-state index contributed by atoms with van der Waals surface area (Å²) in [6.07, 6.45) is 5.12. The number of benzene rings is 1. The molecule has 3 heteroatoms. The van der Waals surface area contributed by atoms with Gasteiger partial charge >= 0.3 is 5.97 Å². The molecule has 15 heavy (non-hydrogen) atoms. The molecule has 1 aromatic carbocycles. The van der Waals surface area contributed by atoms with Crippen LogP contribution in [0.5, 0.6) is 5.75 Å². The molecule has 0 unspecified atom stereocenters. The summed E-state index contributed by atoms with van der Waals surface area (Å²) in [5.74, 6) is 0.177. The minimum Gasteiger partial charge on any atom is -0.422 e. The smallest absolute Gasteiger partial charge is 0.351 e. The number of hydrogen-bond acceptors (Lipinski definition) is 2. The second kappa shape index (κ2) is 4.47. The zero-order chi connectivity index (χ0) is 10.7. The van der Waals surface area contributed by atoms with Crippen LogP contribution in [0, 0.1) is 3.57 Å². The average molecular weight is 310 g/mol. The van der Waals surface area contributed by atoms with Gasteiger partial charge in [0.25, 0.3) is 0 Å². The highest BCUT2D eigenvalue weighted by molar-refractivity contribution is 14.1. The summed E-state index contributed by atoms with van der Waals surface area (Å²) in [6.45, 7) is 0. The fourth-order valence-electron chi connectivity index (χ4n) is 1.12. The Hall–Kier alpha value is -1.32. The van der Waals surface area contributed by atoms with Gasteiger partial charge in [-0.25, -0.2) is 4.79 Å². The molecule has 74 valence electrons. The Kier molecular flexibility index (Phi) is 3.04. The lowest BCUT2D eigenvalue weighted by atomic mass is 10.3. The third-order valence-electron chi connectivity index (χ3n) is 1.84. The number of rotatable bonds is 2. The average Bonchev–Trinajstić information content (AvgIpc) is 2.74. The van der Waals surface area contributed by atoms with Crippen LogP contribution in [-0.4, -0.2) is 5.97 Å². The maximum atomic E-state index is 11.5. The van der Waals surface area contributed by atoms with Gasteiger partial charge in [0.1, 0.15) is 11.3 Å². The fraction of sp³-hybridized carbons (Fsp3) is 0. The van der Waals surface area contributed by atoms with Crippen molar-refractivity contribution in [3.63, 3.8) is 0 Å². The molecule has 1 aliphatic rings. The van der Waals surface area contributed by atoms with E-state index in [1.165, 1.54) is 0 Å². The molecule has 0 atom stereocenters. The molecule has 0 radical (unpaired) electrons. The summed E-state index contributed by atoms with van der Waals surface area (Å²) in [4.78, 5) is 11.5. The lowest BCUT2D eigenvalue weighted by Gasteiger charge is -2.02. The van der Waals surface area contributed by atoms with Crippen molar-refractivity contribution in [2.45, 2.75) is 0 Å². The highest BCUT2D eigenvalue weighted by atomic mass is 127. The molecule has 0 heterocycles. The van der Waals surface area contributed by atoms with Gasteiger partial charge < -0.3 is 4.74 Å². The molecule has 0 spiro atoms. The molecular formula is C12H7IO2. The second-order valence-corrected chi connectivity index (χ2v) is 4.17. The van der Waals surface area contributed by atoms with Crippen LogP contribution in [0.25, 0.3) is 0 Å². The maximum Gasteiger partial charge on any atom is 0.351 e. The molecular weight excluding hydrogens is 303 g/mol. The highest BCUT2D eigenvalue weighted by Crippen LogP contribution is 2.15. The van der Waals surface area contributed by atoms with E-state index in [0.717, 1.165) is 3.57 Å². The van der Waals surface area contributed by atoms with Crippen LogP contribution in [0.15, 0.2) is 53.8 Å². The number of esters is 1. The number of carbonyl (C=O) groups excluding carboxylic acids is 1. The number of allylic oxidation sites excluding steroid dienone is 1. The van der Waals surface area contributed by atoms with Gasteiger partial charge in [0.2, 0.25) is 0 Å². The van der Waals surface area contributed by atoms with Gasteiger partial charge in [0.05, 0.1) is 0 Å². The molecule has 2 rings (SSSR count). The molecule has 0 bridgehead atoms. The zero-order valence-electron chi connectivity index (χ0n) is 7.74. The fourth-order valence-corrected chi connectivity index (χ4v) is 1.48. The SMILES string of the molecule is O=C(Oc1ccc(I)cc1)C1=C=CC=C1. The predicted octanol–water partition coefficient (Wildman–Crippen LogP) is 2.85. The van der Waals surface area contributed by atoms with Crippen molar-refractivity contribution < 1.29 is 9.53 Å². The Morgan fingerprint density at radius 2 is 2.00 bits per heavy atom. The lowest BCUT2D eigenvalue weighted by Crippen LogP contribution is -2.08. The summed E-state index contributed by atoms with van der Waals surface area (Å²) in [5.41, 5.74) is 3.24. The van der Waals surface area contributed by atoms with Gasteiger partial charge in [0, 0.05) is 3.57 Å². The predicted molar refractivity (Wildman–Crippen MR) is 65.5 cm³/mol. The summed E-state index contributed by atoms with van der Waals surface area (Å²) in [7, 11) is 0. The number of hydrogen-bond donors (Lipinski definition) is 0. The van der Waals surface area contributed by atoms with E-state index in [1.54, 1.807) is 30.4 Å². The Balaban J connectivity index is 2.09. The summed E-state index contributed by atoms with van der Waals surface area (Å²) in [6, 6.07) is 7.31. The van der Waals surface area contributed by atoms with E-state index in [1.807, 2.05) is 12.1 Å². The van der Waals surface area contributed by atoms with Crippen LogP contribution in [0.1, 0.15) is 0 Å². The van der Waals surface area contributed by atoms with E-state index in [2.05, 4.69) is 28.3 Å². The Morgan fingerprint density at radius 1 is 1.27 bits per heavy atom. The summed E-state index contributed by atoms with van der Waals surface area (Å²) in [5, 5.41) is 0. The first kappa shape index (κ1) is 10.2. The molecule has 0 amide bonds. The third-order valence-corrected chi connectivity index (χ3v) is 2.56. The molecule has 0 N–H and O–H groups in total. The summed E-state index contributed by atoms with van der Waals surface area (Å²) >= 11 is 2.19. The lowest BCUT2D eigenvalue weighted by molar-refractivity contribution is -0.129. The first-order chi connectivity index (χ1) is 7.25. The molecule has 0 aromatic heterocycles. The number of ether oxygens (including phenoxy) is 1. The van der Waals surface area contributed by atoms with Crippen molar-refractivity contribution in [1.29, 1.82) is 0 Å². The van der Waals surface area contributed by atoms with E-state index in [4.69, 9.17) is 4.74 Å². The van der Waals surface area contributed by atoms with Crippen molar-refractivity contribution in [1.82, 2.24) is 0 Å². The van der Waals surface area contributed by atoms with Crippen molar-refractivity contribution in [2.24, 2.45) is 0 Å². The molecule has 0 aliphatic heterocycles. The van der Waals surface area contributed by atoms with Crippen molar-refractivity contribution in [2.75, 3.05) is 0 Å². The number of halogens is 1. The minimum absolute atomic E-state index is 0.374. The van der Waals surface area contributed by atoms with Crippen LogP contribution >= 0.6 is 22.6 Å². The van der Waals surface area contributed by atoms with Crippen LogP contribution in [-0.2, 0) is 4.79 Å². The topological polar surface area (TPSA) is 26.3 Å². The van der Waals surface area contributed by atoms with Gasteiger partial charge in [-0.15, -0.1) is 5.73 Å². The van der Waals surface area contributed by atoms with Crippen LogP contribution in [0.2, 0.25) is 0 Å². The maximum absolute atomic E-state index is 11.5.